The van der Waals surface area contributed by atoms with Crippen molar-refractivity contribution in [2.75, 3.05) is 7.11 Å². The summed E-state index contributed by atoms with van der Waals surface area (Å²) in [4.78, 5) is 39.4. The van der Waals surface area contributed by atoms with Crippen LogP contribution in [0.15, 0.2) is 82.7 Å². The number of carbonyl (C=O) groups excluding carboxylic acids is 3. The Labute approximate surface area is 184 Å². The van der Waals surface area contributed by atoms with Crippen LogP contribution in [-0.2, 0) is 16.1 Å². The summed E-state index contributed by atoms with van der Waals surface area (Å²) in [5, 5.41) is 10.7. The van der Waals surface area contributed by atoms with E-state index in [2.05, 4.69) is 0 Å². The van der Waals surface area contributed by atoms with Gasteiger partial charge in [0, 0.05) is 6.54 Å². The van der Waals surface area contributed by atoms with Gasteiger partial charge in [-0.3, -0.25) is 9.59 Å². The Morgan fingerprint density at radius 3 is 2.41 bits per heavy atom. The van der Waals surface area contributed by atoms with Crippen LogP contribution in [0, 0.1) is 6.92 Å². The second-order valence-corrected chi connectivity index (χ2v) is 7.45. The summed E-state index contributed by atoms with van der Waals surface area (Å²) in [6.07, 6.45) is 1.37. The number of aliphatic hydroxyl groups is 1. The smallest absolute Gasteiger partial charge is 0.337 e. The topological polar surface area (TPSA) is 97.0 Å². The molecule has 0 fully saturated rings. The Morgan fingerprint density at radius 1 is 1.06 bits per heavy atom. The van der Waals surface area contributed by atoms with Gasteiger partial charge in [0.2, 0.25) is 5.78 Å². The number of nitrogens with zero attached hydrogens (tertiary/aromatic N) is 1. The third kappa shape index (κ3) is 3.69. The highest BCUT2D eigenvalue weighted by atomic mass is 16.5. The fourth-order valence-corrected chi connectivity index (χ4v) is 3.87. The summed E-state index contributed by atoms with van der Waals surface area (Å²) >= 11 is 0. The molecular formula is C25H21NO6. The molecule has 1 aliphatic heterocycles. The van der Waals surface area contributed by atoms with Crippen LogP contribution in [0.25, 0.3) is 0 Å². The molecule has 3 aromatic rings. The number of ether oxygens (including phenoxy) is 1. The molecule has 162 valence electrons. The van der Waals surface area contributed by atoms with Crippen LogP contribution in [0.3, 0.4) is 0 Å². The zero-order valence-corrected chi connectivity index (χ0v) is 17.6. The maximum atomic E-state index is 13.2. The molecule has 4 rings (SSSR count). The van der Waals surface area contributed by atoms with Crippen molar-refractivity contribution in [2.24, 2.45) is 0 Å². The summed E-state index contributed by atoms with van der Waals surface area (Å²) in [6, 6.07) is 16.3. The zero-order valence-electron chi connectivity index (χ0n) is 17.6. The number of benzene rings is 2. The molecule has 2 aromatic carbocycles. The van der Waals surface area contributed by atoms with Crippen LogP contribution in [0.5, 0.6) is 0 Å². The van der Waals surface area contributed by atoms with Gasteiger partial charge < -0.3 is 19.2 Å². The van der Waals surface area contributed by atoms with Crippen molar-refractivity contribution >= 4 is 17.7 Å². The fourth-order valence-electron chi connectivity index (χ4n) is 3.87. The Bertz CT molecular complexity index is 1210. The van der Waals surface area contributed by atoms with Crippen LogP contribution in [-0.4, -0.2) is 34.8 Å². The Kier molecular flexibility index (Phi) is 5.64. The largest absolute Gasteiger partial charge is 0.503 e. The highest BCUT2D eigenvalue weighted by molar-refractivity contribution is 6.15. The standard InChI is InChI=1S/C25H21NO6/c1-15-6-3-4-7-18(15)21-20(22(27)19-8-5-13-32-19)23(28)24(29)26(21)14-16-9-11-17(12-10-16)25(30)31-2/h3-13,21,28H,14H2,1-2H3. The number of aryl methyl sites for hydroxylation is 1. The van der Waals surface area contributed by atoms with Crippen molar-refractivity contribution in [1.29, 1.82) is 0 Å². The van der Waals surface area contributed by atoms with Gasteiger partial charge in [0.25, 0.3) is 5.91 Å². The number of ketones is 1. The molecule has 7 nitrogen and oxygen atoms in total. The number of rotatable bonds is 6. The minimum absolute atomic E-state index is 0.0227. The van der Waals surface area contributed by atoms with E-state index in [0.29, 0.717) is 5.56 Å². The van der Waals surface area contributed by atoms with E-state index in [9.17, 15) is 19.5 Å². The summed E-state index contributed by atoms with van der Waals surface area (Å²) in [7, 11) is 1.30. The highest BCUT2D eigenvalue weighted by Crippen LogP contribution is 2.41. The van der Waals surface area contributed by atoms with E-state index in [4.69, 9.17) is 9.15 Å². The van der Waals surface area contributed by atoms with Crippen LogP contribution < -0.4 is 0 Å². The molecule has 1 N–H and O–H groups in total. The number of methoxy groups -OCH3 is 1. The number of carbonyl (C=O) groups is 3. The van der Waals surface area contributed by atoms with Crippen LogP contribution >= 0.6 is 0 Å². The molecule has 1 atom stereocenters. The van der Waals surface area contributed by atoms with Crippen LogP contribution in [0.4, 0.5) is 0 Å². The molecule has 0 aliphatic carbocycles. The van der Waals surface area contributed by atoms with Gasteiger partial charge in [0.15, 0.2) is 11.5 Å². The molecule has 0 bridgehead atoms. The molecule has 1 unspecified atom stereocenters. The van der Waals surface area contributed by atoms with E-state index >= 15 is 0 Å². The van der Waals surface area contributed by atoms with Crippen molar-refractivity contribution in [2.45, 2.75) is 19.5 Å². The lowest BCUT2D eigenvalue weighted by atomic mass is 9.92. The average Bonchev–Trinajstić information content (AvgIpc) is 3.42. The molecule has 2 heterocycles. The number of esters is 1. The normalized spacial score (nSPS) is 15.9. The van der Waals surface area contributed by atoms with E-state index in [0.717, 1.165) is 16.7 Å². The molecule has 1 amide bonds. The van der Waals surface area contributed by atoms with E-state index in [1.807, 2.05) is 31.2 Å². The fraction of sp³-hybridized carbons (Fsp3) is 0.160. The lowest BCUT2D eigenvalue weighted by Crippen LogP contribution is -2.31. The van der Waals surface area contributed by atoms with Crippen molar-refractivity contribution < 1.29 is 28.6 Å². The monoisotopic (exact) mass is 431 g/mol. The minimum Gasteiger partial charge on any atom is -0.503 e. The van der Waals surface area contributed by atoms with Gasteiger partial charge in [-0.05, 0) is 47.9 Å². The molecule has 0 spiro atoms. The van der Waals surface area contributed by atoms with E-state index in [1.165, 1.54) is 24.3 Å². The van der Waals surface area contributed by atoms with E-state index in [1.54, 1.807) is 30.3 Å². The van der Waals surface area contributed by atoms with Gasteiger partial charge in [-0.15, -0.1) is 0 Å². The van der Waals surface area contributed by atoms with Gasteiger partial charge in [-0.2, -0.15) is 0 Å². The third-order valence-corrected chi connectivity index (χ3v) is 5.50. The number of Topliss-reactive ketones (excluding diaryl/α,β-unsaturated/α-hetero) is 1. The first-order chi connectivity index (χ1) is 15.4. The summed E-state index contributed by atoms with van der Waals surface area (Å²) in [5.41, 5.74) is 2.69. The molecule has 32 heavy (non-hydrogen) atoms. The number of amides is 1. The van der Waals surface area contributed by atoms with Crippen molar-refractivity contribution in [3.63, 3.8) is 0 Å². The predicted molar refractivity (Wildman–Crippen MR) is 115 cm³/mol. The number of hydrogen-bond acceptors (Lipinski definition) is 6. The Hall–Kier alpha value is -4.13. The van der Waals surface area contributed by atoms with Crippen LogP contribution in [0.1, 0.15) is 43.6 Å². The molecule has 0 radical (unpaired) electrons. The lowest BCUT2D eigenvalue weighted by Gasteiger charge is -2.28. The first kappa shape index (κ1) is 21.1. The van der Waals surface area contributed by atoms with Gasteiger partial charge in [0.05, 0.1) is 30.6 Å². The minimum atomic E-state index is -0.790. The SMILES string of the molecule is COC(=O)c1ccc(CN2C(=O)C(O)=C(C(=O)c3ccco3)C2c2ccccc2C)cc1. The summed E-state index contributed by atoms with van der Waals surface area (Å²) in [6.45, 7) is 2.01. The number of furan rings is 1. The second kappa shape index (κ2) is 8.55. The Morgan fingerprint density at radius 2 is 1.78 bits per heavy atom. The molecule has 0 saturated heterocycles. The molecular weight excluding hydrogens is 410 g/mol. The molecule has 7 heteroatoms. The second-order valence-electron chi connectivity index (χ2n) is 7.45. The number of hydrogen-bond donors (Lipinski definition) is 1. The van der Waals surface area contributed by atoms with Gasteiger partial charge in [0.1, 0.15) is 0 Å². The maximum absolute atomic E-state index is 13.2. The Balaban J connectivity index is 1.75. The molecule has 1 aliphatic rings. The van der Waals surface area contributed by atoms with Crippen molar-refractivity contribution in [3.05, 3.63) is 106 Å². The van der Waals surface area contributed by atoms with Gasteiger partial charge in [-0.25, -0.2) is 4.79 Å². The third-order valence-electron chi connectivity index (χ3n) is 5.50. The van der Waals surface area contributed by atoms with Crippen molar-refractivity contribution in [3.8, 4) is 0 Å². The maximum Gasteiger partial charge on any atom is 0.337 e. The summed E-state index contributed by atoms with van der Waals surface area (Å²) < 4.78 is 9.95. The first-order valence-electron chi connectivity index (χ1n) is 9.97. The van der Waals surface area contributed by atoms with E-state index < -0.39 is 29.5 Å². The highest BCUT2D eigenvalue weighted by Gasteiger charge is 2.44. The lowest BCUT2D eigenvalue weighted by molar-refractivity contribution is -0.130. The predicted octanol–water partition coefficient (Wildman–Crippen LogP) is 4.15. The summed E-state index contributed by atoms with van der Waals surface area (Å²) in [5.74, 6) is -2.20. The molecule has 0 saturated carbocycles. The molecule has 1 aromatic heterocycles. The average molecular weight is 431 g/mol. The van der Waals surface area contributed by atoms with Crippen LogP contribution in [0.2, 0.25) is 0 Å². The van der Waals surface area contributed by atoms with Gasteiger partial charge in [-0.1, -0.05) is 36.4 Å². The van der Waals surface area contributed by atoms with Gasteiger partial charge >= 0.3 is 5.97 Å². The van der Waals surface area contributed by atoms with Crippen molar-refractivity contribution in [1.82, 2.24) is 4.90 Å². The zero-order chi connectivity index (χ0) is 22.8. The quantitative estimate of drug-likeness (QED) is 0.465. The van der Waals surface area contributed by atoms with E-state index in [-0.39, 0.29) is 17.9 Å². The first-order valence-corrected chi connectivity index (χ1v) is 9.97. The number of aliphatic hydroxyl groups excluding tert-OH is 1.